The van der Waals surface area contributed by atoms with Gasteiger partial charge in [-0.15, -0.1) is 0 Å². The highest BCUT2D eigenvalue weighted by Crippen LogP contribution is 2.24. The molecule has 16 heavy (non-hydrogen) atoms. The lowest BCUT2D eigenvalue weighted by atomic mass is 9.98. The highest BCUT2D eigenvalue weighted by Gasteiger charge is 2.13. The van der Waals surface area contributed by atoms with Gasteiger partial charge in [0.15, 0.2) is 0 Å². The standard InChI is InChI=1S/C14H21NO/c1-2-11-16-13-8-6-12(7-9-13)14-5-3-4-10-15-14/h6-9,14-15H,2-5,10-11H2,1H3. The minimum Gasteiger partial charge on any atom is -0.494 e. The van der Waals surface area contributed by atoms with E-state index >= 15 is 0 Å². The second-order valence-electron chi connectivity index (χ2n) is 4.42. The fraction of sp³-hybridized carbons (Fsp3) is 0.571. The van der Waals surface area contributed by atoms with E-state index in [1.165, 1.54) is 24.8 Å². The molecule has 0 amide bonds. The average Bonchev–Trinajstić information content (AvgIpc) is 2.38. The molecular formula is C14H21NO. The SMILES string of the molecule is CCCOc1ccc(C2CCCCN2)cc1. The largest absolute Gasteiger partial charge is 0.494 e. The molecule has 0 aromatic heterocycles. The Balaban J connectivity index is 1.95. The van der Waals surface area contributed by atoms with Crippen LogP contribution in [0.1, 0.15) is 44.2 Å². The van der Waals surface area contributed by atoms with Crippen LogP contribution in [0.25, 0.3) is 0 Å². The molecule has 2 rings (SSSR count). The van der Waals surface area contributed by atoms with Crippen molar-refractivity contribution >= 4 is 0 Å². The van der Waals surface area contributed by atoms with Crippen molar-refractivity contribution in [1.29, 1.82) is 0 Å². The maximum absolute atomic E-state index is 5.58. The summed E-state index contributed by atoms with van der Waals surface area (Å²) in [5.74, 6) is 0.987. The molecular weight excluding hydrogens is 198 g/mol. The van der Waals surface area contributed by atoms with Crippen LogP contribution in [0.2, 0.25) is 0 Å². The van der Waals surface area contributed by atoms with Gasteiger partial charge in [-0.25, -0.2) is 0 Å². The summed E-state index contributed by atoms with van der Waals surface area (Å²) in [5.41, 5.74) is 1.39. The van der Waals surface area contributed by atoms with Gasteiger partial charge in [0.25, 0.3) is 0 Å². The van der Waals surface area contributed by atoms with Crippen LogP contribution in [0.15, 0.2) is 24.3 Å². The van der Waals surface area contributed by atoms with Gasteiger partial charge in [-0.05, 0) is 43.5 Å². The monoisotopic (exact) mass is 219 g/mol. The first-order valence-electron chi connectivity index (χ1n) is 6.36. The lowest BCUT2D eigenvalue weighted by Crippen LogP contribution is -2.26. The summed E-state index contributed by atoms with van der Waals surface area (Å²) < 4.78 is 5.58. The van der Waals surface area contributed by atoms with E-state index in [2.05, 4.69) is 36.5 Å². The average molecular weight is 219 g/mol. The van der Waals surface area contributed by atoms with Gasteiger partial charge in [0, 0.05) is 6.04 Å². The third-order valence-corrected chi connectivity index (χ3v) is 3.07. The Morgan fingerprint density at radius 2 is 2.06 bits per heavy atom. The maximum Gasteiger partial charge on any atom is 0.119 e. The molecule has 2 nitrogen and oxygen atoms in total. The molecule has 0 bridgehead atoms. The van der Waals surface area contributed by atoms with Crippen molar-refractivity contribution < 1.29 is 4.74 Å². The van der Waals surface area contributed by atoms with Crippen LogP contribution in [0.5, 0.6) is 5.75 Å². The number of rotatable bonds is 4. The summed E-state index contributed by atoms with van der Waals surface area (Å²) in [6.45, 7) is 4.08. The third-order valence-electron chi connectivity index (χ3n) is 3.07. The van der Waals surface area contributed by atoms with Crippen molar-refractivity contribution in [3.05, 3.63) is 29.8 Å². The molecule has 0 spiro atoms. The molecule has 1 saturated heterocycles. The van der Waals surface area contributed by atoms with E-state index in [9.17, 15) is 0 Å². The molecule has 1 fully saturated rings. The van der Waals surface area contributed by atoms with Crippen molar-refractivity contribution in [3.63, 3.8) is 0 Å². The van der Waals surface area contributed by atoms with E-state index < -0.39 is 0 Å². The van der Waals surface area contributed by atoms with Crippen molar-refractivity contribution in [3.8, 4) is 5.75 Å². The Bertz CT molecular complexity index is 301. The van der Waals surface area contributed by atoms with Crippen LogP contribution in [0, 0.1) is 0 Å². The number of hydrogen-bond donors (Lipinski definition) is 1. The van der Waals surface area contributed by atoms with Gasteiger partial charge >= 0.3 is 0 Å². The number of benzene rings is 1. The molecule has 1 aromatic carbocycles. The zero-order valence-corrected chi connectivity index (χ0v) is 10.0. The van der Waals surface area contributed by atoms with Gasteiger partial charge in [-0.3, -0.25) is 0 Å². The zero-order chi connectivity index (χ0) is 11.2. The molecule has 1 N–H and O–H groups in total. The smallest absolute Gasteiger partial charge is 0.119 e. The minimum absolute atomic E-state index is 0.550. The lowest BCUT2D eigenvalue weighted by molar-refractivity contribution is 0.317. The molecule has 1 aliphatic rings. The van der Waals surface area contributed by atoms with Crippen LogP contribution >= 0.6 is 0 Å². The van der Waals surface area contributed by atoms with Crippen molar-refractivity contribution in [2.45, 2.75) is 38.6 Å². The fourth-order valence-corrected chi connectivity index (χ4v) is 2.15. The number of piperidine rings is 1. The first-order valence-corrected chi connectivity index (χ1v) is 6.36. The summed E-state index contributed by atoms with van der Waals surface area (Å²) in [5, 5.41) is 3.56. The first-order chi connectivity index (χ1) is 7.90. The van der Waals surface area contributed by atoms with Gasteiger partial charge in [0.1, 0.15) is 5.75 Å². The van der Waals surface area contributed by atoms with Crippen molar-refractivity contribution in [2.24, 2.45) is 0 Å². The quantitative estimate of drug-likeness (QED) is 0.839. The molecule has 88 valence electrons. The molecule has 1 unspecified atom stereocenters. The first kappa shape index (κ1) is 11.5. The molecule has 0 aliphatic carbocycles. The van der Waals surface area contributed by atoms with Gasteiger partial charge in [0.2, 0.25) is 0 Å². The van der Waals surface area contributed by atoms with Crippen LogP contribution in [-0.2, 0) is 0 Å². The van der Waals surface area contributed by atoms with Crippen LogP contribution in [0.3, 0.4) is 0 Å². The van der Waals surface area contributed by atoms with Gasteiger partial charge in [-0.1, -0.05) is 25.5 Å². The topological polar surface area (TPSA) is 21.3 Å². The van der Waals surface area contributed by atoms with Crippen LogP contribution in [0.4, 0.5) is 0 Å². The van der Waals surface area contributed by atoms with Gasteiger partial charge in [-0.2, -0.15) is 0 Å². The minimum atomic E-state index is 0.550. The van der Waals surface area contributed by atoms with E-state index in [1.54, 1.807) is 0 Å². The summed E-state index contributed by atoms with van der Waals surface area (Å²) >= 11 is 0. The summed E-state index contributed by atoms with van der Waals surface area (Å²) in [6, 6.07) is 9.10. The highest BCUT2D eigenvalue weighted by atomic mass is 16.5. The second kappa shape index (κ2) is 5.90. The number of ether oxygens (including phenoxy) is 1. The van der Waals surface area contributed by atoms with E-state index in [0.29, 0.717) is 6.04 Å². The molecule has 0 radical (unpaired) electrons. The fourth-order valence-electron chi connectivity index (χ4n) is 2.15. The Morgan fingerprint density at radius 1 is 1.25 bits per heavy atom. The van der Waals surface area contributed by atoms with Crippen molar-refractivity contribution in [2.75, 3.05) is 13.2 Å². The van der Waals surface area contributed by atoms with E-state index in [4.69, 9.17) is 4.74 Å². The molecule has 1 atom stereocenters. The van der Waals surface area contributed by atoms with Crippen LogP contribution < -0.4 is 10.1 Å². The molecule has 1 aliphatic heterocycles. The predicted molar refractivity (Wildman–Crippen MR) is 66.8 cm³/mol. The third kappa shape index (κ3) is 2.99. The Morgan fingerprint density at radius 3 is 2.69 bits per heavy atom. The number of nitrogens with one attached hydrogen (secondary N) is 1. The summed E-state index contributed by atoms with van der Waals surface area (Å²) in [6.07, 6.45) is 4.97. The van der Waals surface area contributed by atoms with Gasteiger partial charge < -0.3 is 10.1 Å². The Hall–Kier alpha value is -1.02. The summed E-state index contributed by atoms with van der Waals surface area (Å²) in [7, 11) is 0. The van der Waals surface area contributed by atoms with E-state index in [1.807, 2.05) is 0 Å². The predicted octanol–water partition coefficient (Wildman–Crippen LogP) is 3.29. The molecule has 0 saturated carbocycles. The maximum atomic E-state index is 5.58. The van der Waals surface area contributed by atoms with E-state index in [0.717, 1.165) is 25.3 Å². The Kier molecular flexibility index (Phi) is 4.23. The van der Waals surface area contributed by atoms with E-state index in [-0.39, 0.29) is 0 Å². The Labute approximate surface area is 98.0 Å². The summed E-state index contributed by atoms with van der Waals surface area (Å²) in [4.78, 5) is 0. The number of hydrogen-bond acceptors (Lipinski definition) is 2. The molecule has 2 heteroatoms. The molecule has 1 heterocycles. The van der Waals surface area contributed by atoms with Crippen LogP contribution in [-0.4, -0.2) is 13.2 Å². The van der Waals surface area contributed by atoms with Crippen molar-refractivity contribution in [1.82, 2.24) is 5.32 Å². The highest BCUT2D eigenvalue weighted by molar-refractivity contribution is 5.29. The van der Waals surface area contributed by atoms with Gasteiger partial charge in [0.05, 0.1) is 6.61 Å². The normalized spacial score (nSPS) is 20.7. The lowest BCUT2D eigenvalue weighted by Gasteiger charge is -2.23. The molecule has 1 aromatic rings. The zero-order valence-electron chi connectivity index (χ0n) is 10.0. The second-order valence-corrected chi connectivity index (χ2v) is 4.42.